The highest BCUT2D eigenvalue weighted by atomic mass is 15.2. The molecule has 2 heteroatoms. The van der Waals surface area contributed by atoms with Gasteiger partial charge in [-0.2, -0.15) is 4.57 Å². The molecule has 1 atom stereocenters. The van der Waals surface area contributed by atoms with Gasteiger partial charge in [-0.3, -0.25) is 0 Å². The molecule has 0 aliphatic carbocycles. The number of fused-ring (bicyclic) bond motifs is 5. The number of para-hydroxylation sites is 3. The molecule has 0 amide bonds. The SMILES string of the molecule is CC(C)c1cccc(C(C)C)c1-n1c2[n+](c3ccccc31)C(C)c1ccccc1-2. The van der Waals surface area contributed by atoms with Gasteiger partial charge in [0.15, 0.2) is 11.0 Å². The Balaban J connectivity index is 1.99. The minimum absolute atomic E-state index is 0.334. The fourth-order valence-corrected chi connectivity index (χ4v) is 5.04. The van der Waals surface area contributed by atoms with Crippen molar-refractivity contribution in [1.82, 2.24) is 4.57 Å². The van der Waals surface area contributed by atoms with Gasteiger partial charge in [-0.1, -0.05) is 76.2 Å². The molecule has 0 saturated heterocycles. The molecule has 2 nitrogen and oxygen atoms in total. The second kappa shape index (κ2) is 6.59. The average Bonchev–Trinajstić information content (AvgIpc) is 3.21. The van der Waals surface area contributed by atoms with Crippen LogP contribution in [0, 0.1) is 0 Å². The number of hydrogen-bond donors (Lipinski definition) is 0. The lowest BCUT2D eigenvalue weighted by atomic mass is 9.92. The van der Waals surface area contributed by atoms with Crippen molar-refractivity contribution in [2.45, 2.75) is 52.5 Å². The van der Waals surface area contributed by atoms with Crippen LogP contribution in [0.5, 0.6) is 0 Å². The van der Waals surface area contributed by atoms with E-state index in [0.717, 1.165) is 0 Å². The van der Waals surface area contributed by atoms with E-state index in [4.69, 9.17) is 0 Å². The molecule has 5 rings (SSSR count). The van der Waals surface area contributed by atoms with Crippen LogP contribution in [0.1, 0.15) is 69.2 Å². The van der Waals surface area contributed by atoms with Gasteiger partial charge in [0.2, 0.25) is 0 Å². The molecular formula is C27H29N2+. The lowest BCUT2D eigenvalue weighted by Gasteiger charge is -2.18. The maximum absolute atomic E-state index is 2.54. The molecule has 0 radical (unpaired) electrons. The van der Waals surface area contributed by atoms with E-state index in [2.05, 4.69) is 110 Å². The third-order valence-corrected chi connectivity index (χ3v) is 6.43. The summed E-state index contributed by atoms with van der Waals surface area (Å²) in [6.45, 7) is 11.5. The van der Waals surface area contributed by atoms with E-state index in [1.165, 1.54) is 44.8 Å². The summed E-state index contributed by atoms with van der Waals surface area (Å²) in [6, 6.07) is 24.9. The molecule has 0 bridgehead atoms. The number of imidazole rings is 1. The first kappa shape index (κ1) is 18.2. The number of nitrogens with zero attached hydrogens (tertiary/aromatic N) is 2. The molecule has 0 N–H and O–H groups in total. The number of aromatic nitrogens is 2. The highest BCUT2D eigenvalue weighted by Crippen LogP contribution is 2.41. The molecule has 1 unspecified atom stereocenters. The molecule has 0 saturated carbocycles. The van der Waals surface area contributed by atoms with Gasteiger partial charge in [-0.05, 0) is 37.0 Å². The van der Waals surface area contributed by atoms with Crippen LogP contribution in [0.4, 0.5) is 0 Å². The van der Waals surface area contributed by atoms with Crippen molar-refractivity contribution >= 4 is 11.0 Å². The van der Waals surface area contributed by atoms with Gasteiger partial charge >= 0.3 is 0 Å². The van der Waals surface area contributed by atoms with Crippen molar-refractivity contribution in [1.29, 1.82) is 0 Å². The molecule has 4 aromatic rings. The number of benzene rings is 3. The van der Waals surface area contributed by atoms with Crippen LogP contribution >= 0.6 is 0 Å². The van der Waals surface area contributed by atoms with Crippen LogP contribution in [0.2, 0.25) is 0 Å². The van der Waals surface area contributed by atoms with Crippen molar-refractivity contribution in [3.8, 4) is 17.1 Å². The number of rotatable bonds is 3. The Morgan fingerprint density at radius 2 is 1.38 bits per heavy atom. The van der Waals surface area contributed by atoms with Crippen molar-refractivity contribution in [2.75, 3.05) is 0 Å². The summed E-state index contributed by atoms with van der Waals surface area (Å²) in [5.41, 5.74) is 9.55. The maximum atomic E-state index is 2.54. The summed E-state index contributed by atoms with van der Waals surface area (Å²) in [6.07, 6.45) is 0. The van der Waals surface area contributed by atoms with Crippen molar-refractivity contribution in [3.63, 3.8) is 0 Å². The monoisotopic (exact) mass is 381 g/mol. The van der Waals surface area contributed by atoms with Gasteiger partial charge in [0, 0.05) is 16.7 Å². The second-order valence-corrected chi connectivity index (χ2v) is 8.88. The molecule has 3 aromatic carbocycles. The smallest absolute Gasteiger partial charge is 0.216 e. The standard InChI is InChI=1S/C27H29N2/c1-17(2)20-13-10-14-21(18(3)4)26(20)29-25-16-9-8-15-24(25)28-19(5)22-11-6-7-12-23(22)27(28)29/h6-19H,1-5H3/q+1. The predicted octanol–water partition coefficient (Wildman–Crippen LogP) is 6.75. The fraction of sp³-hybridized carbons (Fsp3) is 0.296. The van der Waals surface area contributed by atoms with Gasteiger partial charge in [-0.15, -0.1) is 0 Å². The zero-order chi connectivity index (χ0) is 20.3. The van der Waals surface area contributed by atoms with E-state index in [1.54, 1.807) is 0 Å². The lowest BCUT2D eigenvalue weighted by Crippen LogP contribution is -2.35. The minimum Gasteiger partial charge on any atom is -0.216 e. The normalized spacial score (nSPS) is 15.3. The Bertz CT molecular complexity index is 1200. The van der Waals surface area contributed by atoms with E-state index >= 15 is 0 Å². The maximum Gasteiger partial charge on any atom is 0.296 e. The highest BCUT2D eigenvalue weighted by molar-refractivity contribution is 5.82. The van der Waals surface area contributed by atoms with Gasteiger partial charge in [-0.25, -0.2) is 4.57 Å². The van der Waals surface area contributed by atoms with Crippen molar-refractivity contribution in [3.05, 3.63) is 83.4 Å². The minimum atomic E-state index is 0.334. The van der Waals surface area contributed by atoms with Crippen LogP contribution in [-0.2, 0) is 0 Å². The fourth-order valence-electron chi connectivity index (χ4n) is 5.04. The zero-order valence-electron chi connectivity index (χ0n) is 18.0. The van der Waals surface area contributed by atoms with Crippen LogP contribution in [0.3, 0.4) is 0 Å². The van der Waals surface area contributed by atoms with E-state index in [1.807, 2.05) is 0 Å². The molecular weight excluding hydrogens is 352 g/mol. The average molecular weight is 382 g/mol. The first-order valence-electron chi connectivity index (χ1n) is 10.8. The van der Waals surface area contributed by atoms with Gasteiger partial charge in [0.1, 0.15) is 11.7 Å². The molecule has 146 valence electrons. The molecule has 29 heavy (non-hydrogen) atoms. The summed E-state index contributed by atoms with van der Waals surface area (Å²) in [7, 11) is 0. The molecule has 2 heterocycles. The third kappa shape index (κ3) is 2.51. The van der Waals surface area contributed by atoms with E-state index in [0.29, 0.717) is 17.9 Å². The molecule has 1 aliphatic heterocycles. The van der Waals surface area contributed by atoms with E-state index in [-0.39, 0.29) is 0 Å². The van der Waals surface area contributed by atoms with Crippen LogP contribution in [0.25, 0.3) is 28.1 Å². The first-order valence-corrected chi connectivity index (χ1v) is 10.8. The van der Waals surface area contributed by atoms with Crippen LogP contribution in [-0.4, -0.2) is 4.57 Å². The quantitative estimate of drug-likeness (QED) is 0.347. The van der Waals surface area contributed by atoms with Gasteiger partial charge in [0.05, 0.1) is 5.56 Å². The molecule has 1 aromatic heterocycles. The van der Waals surface area contributed by atoms with Crippen LogP contribution in [0.15, 0.2) is 66.7 Å². The predicted molar refractivity (Wildman–Crippen MR) is 121 cm³/mol. The Morgan fingerprint density at radius 3 is 2.07 bits per heavy atom. The largest absolute Gasteiger partial charge is 0.296 e. The summed E-state index contributed by atoms with van der Waals surface area (Å²) in [5, 5.41) is 0. The topological polar surface area (TPSA) is 8.81 Å². The van der Waals surface area contributed by atoms with Crippen molar-refractivity contribution in [2.24, 2.45) is 0 Å². The summed E-state index contributed by atoms with van der Waals surface area (Å²) < 4.78 is 5.07. The van der Waals surface area contributed by atoms with Crippen LogP contribution < -0.4 is 4.57 Å². The summed E-state index contributed by atoms with van der Waals surface area (Å²) >= 11 is 0. The van der Waals surface area contributed by atoms with E-state index < -0.39 is 0 Å². The lowest BCUT2D eigenvalue weighted by molar-refractivity contribution is -0.669. The summed E-state index contributed by atoms with van der Waals surface area (Å²) in [4.78, 5) is 0. The van der Waals surface area contributed by atoms with Gasteiger partial charge < -0.3 is 0 Å². The van der Waals surface area contributed by atoms with E-state index in [9.17, 15) is 0 Å². The molecule has 1 aliphatic rings. The Kier molecular flexibility index (Phi) is 4.13. The summed E-state index contributed by atoms with van der Waals surface area (Å²) in [5.74, 6) is 2.23. The third-order valence-electron chi connectivity index (χ3n) is 6.43. The number of hydrogen-bond acceptors (Lipinski definition) is 0. The zero-order valence-corrected chi connectivity index (χ0v) is 18.0. The molecule has 0 spiro atoms. The highest BCUT2D eigenvalue weighted by Gasteiger charge is 2.40. The molecule has 0 fully saturated rings. The Hall–Kier alpha value is -2.87. The van der Waals surface area contributed by atoms with Crippen molar-refractivity contribution < 1.29 is 4.57 Å². The Labute approximate surface area is 173 Å². The van der Waals surface area contributed by atoms with Gasteiger partial charge in [0.25, 0.3) is 5.82 Å². The first-order chi connectivity index (χ1) is 14.0. The second-order valence-electron chi connectivity index (χ2n) is 8.88. The Morgan fingerprint density at radius 1 is 0.759 bits per heavy atom.